The normalized spacial score (nSPS) is 10.9. The molecule has 5 heteroatoms. The maximum Gasteiger partial charge on any atom is 0.225 e. The zero-order chi connectivity index (χ0) is 17.1. The number of aryl methyl sites for hydroxylation is 3. The van der Waals surface area contributed by atoms with Gasteiger partial charge in [0.05, 0.1) is 11.4 Å². The van der Waals surface area contributed by atoms with Gasteiger partial charge >= 0.3 is 0 Å². The average molecular weight is 334 g/mol. The molecule has 4 nitrogen and oxygen atoms in total. The Bertz CT molecular complexity index is 721. The standard InChI is InChI=1S/C18H24ClN3O/c1-6-15-8-9-17(19)16(7-2)18(15)21(14(5)23)11-22-13(4)10-12(3)20-22/h8-10H,6-7,11H2,1-5H3. The lowest BCUT2D eigenvalue weighted by atomic mass is 10.0. The third-order valence-electron chi connectivity index (χ3n) is 4.07. The number of amides is 1. The van der Waals surface area contributed by atoms with Crippen molar-refractivity contribution in [2.24, 2.45) is 0 Å². The first kappa shape index (κ1) is 17.5. The second-order valence-corrected chi connectivity index (χ2v) is 6.16. The van der Waals surface area contributed by atoms with E-state index in [1.165, 1.54) is 0 Å². The first-order valence-corrected chi connectivity index (χ1v) is 8.36. The Morgan fingerprint density at radius 1 is 1.26 bits per heavy atom. The molecule has 1 aromatic carbocycles. The predicted molar refractivity (Wildman–Crippen MR) is 95.1 cm³/mol. The van der Waals surface area contributed by atoms with Crippen molar-refractivity contribution in [1.82, 2.24) is 9.78 Å². The maximum atomic E-state index is 12.4. The molecule has 23 heavy (non-hydrogen) atoms. The Hall–Kier alpha value is -1.81. The molecule has 124 valence electrons. The number of carbonyl (C=O) groups excluding carboxylic acids is 1. The summed E-state index contributed by atoms with van der Waals surface area (Å²) < 4.78 is 1.86. The third-order valence-corrected chi connectivity index (χ3v) is 4.43. The van der Waals surface area contributed by atoms with Crippen LogP contribution in [0.2, 0.25) is 5.02 Å². The summed E-state index contributed by atoms with van der Waals surface area (Å²) >= 11 is 6.39. The van der Waals surface area contributed by atoms with E-state index in [4.69, 9.17) is 11.6 Å². The zero-order valence-electron chi connectivity index (χ0n) is 14.5. The molecular formula is C18H24ClN3O. The fourth-order valence-electron chi connectivity index (χ4n) is 2.90. The SMILES string of the molecule is CCc1ccc(Cl)c(CC)c1N(Cn1nc(C)cc1C)C(C)=O. The van der Waals surface area contributed by atoms with E-state index in [0.29, 0.717) is 11.7 Å². The lowest BCUT2D eigenvalue weighted by Gasteiger charge is -2.27. The Morgan fingerprint density at radius 3 is 2.43 bits per heavy atom. The Labute approximate surface area is 143 Å². The van der Waals surface area contributed by atoms with Crippen LogP contribution in [0.15, 0.2) is 18.2 Å². The molecule has 0 aliphatic rings. The third kappa shape index (κ3) is 3.58. The predicted octanol–water partition coefficient (Wildman–Crippen LogP) is 4.29. The van der Waals surface area contributed by atoms with Gasteiger partial charge < -0.3 is 0 Å². The largest absolute Gasteiger partial charge is 0.292 e. The van der Waals surface area contributed by atoms with Gasteiger partial charge in [0.1, 0.15) is 6.67 Å². The average Bonchev–Trinajstić information content (AvgIpc) is 2.82. The van der Waals surface area contributed by atoms with Gasteiger partial charge in [-0.05, 0) is 49.9 Å². The van der Waals surface area contributed by atoms with E-state index in [9.17, 15) is 4.79 Å². The number of benzene rings is 1. The summed E-state index contributed by atoms with van der Waals surface area (Å²) in [6.07, 6.45) is 1.63. The molecule has 1 amide bonds. The minimum absolute atomic E-state index is 0.00998. The molecule has 0 fully saturated rings. The van der Waals surface area contributed by atoms with Crippen LogP contribution in [0.1, 0.15) is 43.3 Å². The van der Waals surface area contributed by atoms with Crippen LogP contribution >= 0.6 is 11.6 Å². The molecule has 2 aromatic rings. The highest BCUT2D eigenvalue weighted by Crippen LogP contribution is 2.33. The first-order valence-electron chi connectivity index (χ1n) is 7.98. The molecule has 0 saturated carbocycles. The van der Waals surface area contributed by atoms with E-state index in [1.54, 1.807) is 11.8 Å². The molecule has 0 unspecified atom stereocenters. The van der Waals surface area contributed by atoms with Crippen molar-refractivity contribution in [1.29, 1.82) is 0 Å². The summed E-state index contributed by atoms with van der Waals surface area (Å²) in [5.74, 6) is -0.00998. The maximum absolute atomic E-state index is 12.4. The Kier molecular flexibility index (Phi) is 5.47. The van der Waals surface area contributed by atoms with E-state index in [2.05, 4.69) is 18.9 Å². The zero-order valence-corrected chi connectivity index (χ0v) is 15.2. The molecule has 0 bridgehead atoms. The molecule has 0 atom stereocenters. The van der Waals surface area contributed by atoms with Gasteiger partial charge in [0.15, 0.2) is 0 Å². The topological polar surface area (TPSA) is 38.1 Å². The molecule has 0 saturated heterocycles. The summed E-state index contributed by atoms with van der Waals surface area (Å²) in [6, 6.07) is 5.94. The second kappa shape index (κ2) is 7.18. The number of anilines is 1. The van der Waals surface area contributed by atoms with E-state index in [0.717, 1.165) is 41.0 Å². The molecule has 1 heterocycles. The van der Waals surface area contributed by atoms with Crippen LogP contribution in [-0.2, 0) is 24.3 Å². The minimum Gasteiger partial charge on any atom is -0.292 e. The van der Waals surface area contributed by atoms with Gasteiger partial charge in [0, 0.05) is 17.6 Å². The highest BCUT2D eigenvalue weighted by Gasteiger charge is 2.21. The molecule has 0 spiro atoms. The molecule has 2 rings (SSSR count). The van der Waals surface area contributed by atoms with Crippen LogP contribution in [-0.4, -0.2) is 15.7 Å². The van der Waals surface area contributed by atoms with Crippen molar-refractivity contribution in [2.45, 2.75) is 54.1 Å². The molecule has 0 N–H and O–H groups in total. The van der Waals surface area contributed by atoms with Crippen molar-refractivity contribution in [2.75, 3.05) is 4.90 Å². The van der Waals surface area contributed by atoms with E-state index in [1.807, 2.05) is 36.7 Å². The van der Waals surface area contributed by atoms with E-state index < -0.39 is 0 Å². The van der Waals surface area contributed by atoms with Crippen LogP contribution in [0.3, 0.4) is 0 Å². The number of carbonyl (C=O) groups is 1. The van der Waals surface area contributed by atoms with E-state index >= 15 is 0 Å². The number of hydrogen-bond acceptors (Lipinski definition) is 2. The minimum atomic E-state index is -0.00998. The van der Waals surface area contributed by atoms with E-state index in [-0.39, 0.29) is 5.91 Å². The fourth-order valence-corrected chi connectivity index (χ4v) is 3.18. The molecular weight excluding hydrogens is 310 g/mol. The Morgan fingerprint density at radius 2 is 1.96 bits per heavy atom. The number of rotatable bonds is 5. The molecule has 0 radical (unpaired) electrons. The van der Waals surface area contributed by atoms with Crippen molar-refractivity contribution in [3.63, 3.8) is 0 Å². The first-order chi connectivity index (χ1) is 10.9. The summed E-state index contributed by atoms with van der Waals surface area (Å²) in [6.45, 7) is 10.1. The summed E-state index contributed by atoms with van der Waals surface area (Å²) in [5.41, 5.74) is 5.06. The number of aromatic nitrogens is 2. The number of hydrogen-bond donors (Lipinski definition) is 0. The highest BCUT2D eigenvalue weighted by molar-refractivity contribution is 6.32. The molecule has 0 aliphatic heterocycles. The lowest BCUT2D eigenvalue weighted by Crippen LogP contribution is -2.33. The van der Waals surface area contributed by atoms with Gasteiger partial charge in [-0.1, -0.05) is 31.5 Å². The highest BCUT2D eigenvalue weighted by atomic mass is 35.5. The van der Waals surface area contributed by atoms with Gasteiger partial charge in [-0.25, -0.2) is 4.68 Å². The van der Waals surface area contributed by atoms with Crippen molar-refractivity contribution >= 4 is 23.2 Å². The van der Waals surface area contributed by atoms with Crippen molar-refractivity contribution in [3.05, 3.63) is 45.7 Å². The molecule has 1 aromatic heterocycles. The summed E-state index contributed by atoms with van der Waals surface area (Å²) in [5, 5.41) is 5.19. The van der Waals surface area contributed by atoms with Crippen molar-refractivity contribution in [3.8, 4) is 0 Å². The summed E-state index contributed by atoms with van der Waals surface area (Å²) in [4.78, 5) is 14.1. The van der Waals surface area contributed by atoms with Crippen LogP contribution in [0.5, 0.6) is 0 Å². The fraction of sp³-hybridized carbons (Fsp3) is 0.444. The van der Waals surface area contributed by atoms with Gasteiger partial charge in [0.2, 0.25) is 5.91 Å². The monoisotopic (exact) mass is 333 g/mol. The van der Waals surface area contributed by atoms with Crippen molar-refractivity contribution < 1.29 is 4.79 Å². The van der Waals surface area contributed by atoms with Gasteiger partial charge in [-0.15, -0.1) is 0 Å². The number of halogens is 1. The Balaban J connectivity index is 2.56. The van der Waals surface area contributed by atoms with Crippen LogP contribution in [0.4, 0.5) is 5.69 Å². The van der Waals surface area contributed by atoms with Gasteiger partial charge in [-0.2, -0.15) is 5.10 Å². The quantitative estimate of drug-likeness (QED) is 0.818. The van der Waals surface area contributed by atoms with Gasteiger partial charge in [0.25, 0.3) is 0 Å². The smallest absolute Gasteiger partial charge is 0.225 e. The molecule has 0 aliphatic carbocycles. The van der Waals surface area contributed by atoms with Crippen LogP contribution in [0, 0.1) is 13.8 Å². The van der Waals surface area contributed by atoms with Crippen LogP contribution < -0.4 is 4.90 Å². The summed E-state index contributed by atoms with van der Waals surface area (Å²) in [7, 11) is 0. The van der Waals surface area contributed by atoms with Gasteiger partial charge in [-0.3, -0.25) is 9.69 Å². The second-order valence-electron chi connectivity index (χ2n) is 5.76. The lowest BCUT2D eigenvalue weighted by molar-refractivity contribution is -0.117. The van der Waals surface area contributed by atoms with Crippen LogP contribution in [0.25, 0.3) is 0 Å². The number of nitrogens with zero attached hydrogens (tertiary/aromatic N) is 3.